The first-order valence-electron chi connectivity index (χ1n) is 9.20. The fraction of sp³-hybridized carbons (Fsp3) is 0.556. The third kappa shape index (κ3) is 3.00. The van der Waals surface area contributed by atoms with Crippen LogP contribution in [0.2, 0.25) is 0 Å². The number of H-pyrrole nitrogens is 2. The Labute approximate surface area is 151 Å². The van der Waals surface area contributed by atoms with Crippen molar-refractivity contribution >= 4 is 11.9 Å². The molecular formula is C18H24N6O2. The number of hydrogen-bond acceptors (Lipinski definition) is 5. The first-order valence-corrected chi connectivity index (χ1v) is 9.20. The van der Waals surface area contributed by atoms with Gasteiger partial charge in [-0.2, -0.15) is 5.10 Å². The predicted molar refractivity (Wildman–Crippen MR) is 97.6 cm³/mol. The molecule has 2 N–H and O–H groups in total. The molecule has 2 aliphatic rings. The molecule has 0 aromatic carbocycles. The van der Waals surface area contributed by atoms with E-state index < -0.39 is 0 Å². The van der Waals surface area contributed by atoms with E-state index in [1.807, 2.05) is 18.7 Å². The Morgan fingerprint density at radius 2 is 2.00 bits per heavy atom. The quantitative estimate of drug-likeness (QED) is 0.865. The lowest BCUT2D eigenvalue weighted by molar-refractivity contribution is 0.0784. The maximum absolute atomic E-state index is 12.7. The lowest BCUT2D eigenvalue weighted by Crippen LogP contribution is -2.30. The smallest absolute Gasteiger partial charge is 0.274 e. The van der Waals surface area contributed by atoms with Crippen LogP contribution in [0.15, 0.2) is 10.9 Å². The second-order valence-corrected chi connectivity index (χ2v) is 7.25. The van der Waals surface area contributed by atoms with Gasteiger partial charge in [-0.25, -0.2) is 4.98 Å². The predicted octanol–water partition coefficient (Wildman–Crippen LogP) is 1.34. The van der Waals surface area contributed by atoms with Gasteiger partial charge in [0.25, 0.3) is 11.5 Å². The fourth-order valence-electron chi connectivity index (χ4n) is 3.78. The summed E-state index contributed by atoms with van der Waals surface area (Å²) < 4.78 is 0. The molecule has 138 valence electrons. The van der Waals surface area contributed by atoms with E-state index in [9.17, 15) is 9.59 Å². The minimum atomic E-state index is -0.125. The molecule has 8 heteroatoms. The number of hydrogen-bond donors (Lipinski definition) is 2. The first-order chi connectivity index (χ1) is 12.5. The average Bonchev–Trinajstić information content (AvgIpc) is 3.36. The van der Waals surface area contributed by atoms with Gasteiger partial charge in [-0.3, -0.25) is 19.7 Å². The molecule has 0 aliphatic carbocycles. The summed E-state index contributed by atoms with van der Waals surface area (Å²) in [5, 5.41) is 7.01. The maximum atomic E-state index is 12.7. The van der Waals surface area contributed by atoms with Crippen molar-refractivity contribution in [2.24, 2.45) is 0 Å². The molecule has 0 bridgehead atoms. The van der Waals surface area contributed by atoms with Crippen LogP contribution in [0.1, 0.15) is 52.6 Å². The number of carbonyl (C=O) groups excluding carboxylic acids is 1. The van der Waals surface area contributed by atoms with Crippen LogP contribution in [0, 0.1) is 13.8 Å². The van der Waals surface area contributed by atoms with E-state index in [4.69, 9.17) is 4.98 Å². The molecule has 8 nitrogen and oxygen atoms in total. The second kappa shape index (κ2) is 6.59. The van der Waals surface area contributed by atoms with Crippen LogP contribution in [0.3, 0.4) is 0 Å². The molecule has 26 heavy (non-hydrogen) atoms. The lowest BCUT2D eigenvalue weighted by Gasteiger charge is -2.18. The molecule has 2 aliphatic heterocycles. The second-order valence-electron chi connectivity index (χ2n) is 7.25. The van der Waals surface area contributed by atoms with Crippen molar-refractivity contribution in [3.8, 4) is 0 Å². The van der Waals surface area contributed by atoms with Gasteiger partial charge in [-0.1, -0.05) is 0 Å². The number of nitrogens with one attached hydrogen (secondary N) is 2. The Kier molecular flexibility index (Phi) is 4.26. The van der Waals surface area contributed by atoms with Crippen molar-refractivity contribution in [3.05, 3.63) is 39.1 Å². The van der Waals surface area contributed by atoms with Crippen molar-refractivity contribution in [2.75, 3.05) is 31.1 Å². The van der Waals surface area contributed by atoms with Crippen LogP contribution in [0.25, 0.3) is 0 Å². The average molecular weight is 356 g/mol. The van der Waals surface area contributed by atoms with E-state index in [2.05, 4.69) is 20.1 Å². The molecule has 1 atom stereocenters. The number of likely N-dealkylation sites (tertiary alicyclic amines) is 1. The van der Waals surface area contributed by atoms with Gasteiger partial charge >= 0.3 is 0 Å². The zero-order valence-corrected chi connectivity index (χ0v) is 15.2. The molecular weight excluding hydrogens is 332 g/mol. The molecule has 0 radical (unpaired) electrons. The van der Waals surface area contributed by atoms with Crippen LogP contribution in [-0.2, 0) is 0 Å². The van der Waals surface area contributed by atoms with Crippen molar-refractivity contribution in [2.45, 2.75) is 39.0 Å². The van der Waals surface area contributed by atoms with Crippen molar-refractivity contribution in [3.63, 3.8) is 0 Å². The highest BCUT2D eigenvalue weighted by molar-refractivity contribution is 5.94. The molecule has 1 unspecified atom stereocenters. The molecule has 2 aromatic heterocycles. The Bertz CT molecular complexity index is 880. The Morgan fingerprint density at radius 3 is 2.69 bits per heavy atom. The van der Waals surface area contributed by atoms with E-state index in [0.29, 0.717) is 24.7 Å². The van der Waals surface area contributed by atoms with E-state index in [0.717, 1.165) is 49.3 Å². The number of nitrogens with zero attached hydrogens (tertiary/aromatic N) is 4. The summed E-state index contributed by atoms with van der Waals surface area (Å²) in [5.74, 6) is 0.690. The first kappa shape index (κ1) is 16.8. The van der Waals surface area contributed by atoms with Crippen molar-refractivity contribution < 1.29 is 4.79 Å². The molecule has 2 saturated heterocycles. The van der Waals surface area contributed by atoms with E-state index in [1.165, 1.54) is 0 Å². The molecule has 0 spiro atoms. The summed E-state index contributed by atoms with van der Waals surface area (Å²) in [6.45, 7) is 6.90. The molecule has 0 saturated carbocycles. The van der Waals surface area contributed by atoms with Gasteiger partial charge in [-0.15, -0.1) is 0 Å². The maximum Gasteiger partial charge on any atom is 0.274 e. The van der Waals surface area contributed by atoms with Crippen LogP contribution in [-0.4, -0.2) is 57.2 Å². The number of carbonyl (C=O) groups is 1. The fourth-order valence-corrected chi connectivity index (χ4v) is 3.78. The largest absolute Gasteiger partial charge is 0.342 e. The van der Waals surface area contributed by atoms with Gasteiger partial charge in [-0.05, 0) is 33.1 Å². The third-order valence-electron chi connectivity index (χ3n) is 5.50. The summed E-state index contributed by atoms with van der Waals surface area (Å²) in [7, 11) is 0. The SMILES string of the molecule is Cc1[nH]nc(C(=O)N2CCC(c3cc(=O)[nH]c(N4CCCC4)n3)C2)c1C. The number of aryl methyl sites for hydroxylation is 1. The van der Waals surface area contributed by atoms with Crippen LogP contribution in [0.4, 0.5) is 5.95 Å². The zero-order chi connectivity index (χ0) is 18.3. The van der Waals surface area contributed by atoms with Crippen molar-refractivity contribution in [1.29, 1.82) is 0 Å². The third-order valence-corrected chi connectivity index (χ3v) is 5.50. The molecule has 1 amide bonds. The summed E-state index contributed by atoms with van der Waals surface area (Å²) in [6.07, 6.45) is 3.06. The van der Waals surface area contributed by atoms with Crippen LogP contribution < -0.4 is 10.5 Å². The van der Waals surface area contributed by atoms with Gasteiger partial charge in [0.2, 0.25) is 5.95 Å². The summed E-state index contributed by atoms with van der Waals surface area (Å²) >= 11 is 0. The Morgan fingerprint density at radius 1 is 1.23 bits per heavy atom. The van der Waals surface area contributed by atoms with Gasteiger partial charge < -0.3 is 9.80 Å². The van der Waals surface area contributed by atoms with E-state index in [-0.39, 0.29) is 17.4 Å². The summed E-state index contributed by atoms with van der Waals surface area (Å²) in [6, 6.07) is 1.57. The molecule has 2 aromatic rings. The summed E-state index contributed by atoms with van der Waals surface area (Å²) in [5.41, 5.74) is 2.95. The molecule has 2 fully saturated rings. The normalized spacial score (nSPS) is 20.2. The van der Waals surface area contributed by atoms with Gasteiger partial charge in [0, 0.05) is 49.4 Å². The highest BCUT2D eigenvalue weighted by Gasteiger charge is 2.31. The lowest BCUT2D eigenvalue weighted by atomic mass is 10.0. The van der Waals surface area contributed by atoms with Crippen molar-refractivity contribution in [1.82, 2.24) is 25.1 Å². The Balaban J connectivity index is 1.52. The number of aromatic nitrogens is 4. The van der Waals surface area contributed by atoms with Gasteiger partial charge in [0.1, 0.15) is 0 Å². The standard InChI is InChI=1S/C18H24N6O2/c1-11-12(2)21-22-16(11)17(26)24-8-5-13(10-24)14-9-15(25)20-18(19-14)23-6-3-4-7-23/h9,13H,3-8,10H2,1-2H3,(H,21,22)(H,19,20,25). The van der Waals surface area contributed by atoms with E-state index in [1.54, 1.807) is 6.07 Å². The number of amides is 1. The Hall–Kier alpha value is -2.64. The number of anilines is 1. The van der Waals surface area contributed by atoms with Crippen LogP contribution >= 0.6 is 0 Å². The number of rotatable bonds is 3. The van der Waals surface area contributed by atoms with Crippen LogP contribution in [0.5, 0.6) is 0 Å². The van der Waals surface area contributed by atoms with Gasteiger partial charge in [0.15, 0.2) is 5.69 Å². The highest BCUT2D eigenvalue weighted by Crippen LogP contribution is 2.28. The monoisotopic (exact) mass is 356 g/mol. The number of aromatic amines is 2. The minimum Gasteiger partial charge on any atom is -0.342 e. The van der Waals surface area contributed by atoms with Gasteiger partial charge in [0.05, 0.1) is 5.69 Å². The minimum absolute atomic E-state index is 0.0565. The summed E-state index contributed by atoms with van der Waals surface area (Å²) in [4.78, 5) is 36.3. The molecule has 4 heterocycles. The molecule has 4 rings (SSSR count). The topological polar surface area (TPSA) is 98.0 Å². The highest BCUT2D eigenvalue weighted by atomic mass is 16.2. The zero-order valence-electron chi connectivity index (χ0n) is 15.2. The van der Waals surface area contributed by atoms with E-state index >= 15 is 0 Å².